The van der Waals surface area contributed by atoms with Crippen LogP contribution >= 0.6 is 11.3 Å². The molecule has 1 saturated heterocycles. The molecule has 0 spiro atoms. The maximum absolute atomic E-state index is 12.8. The topological polar surface area (TPSA) is 83.6 Å². The van der Waals surface area contributed by atoms with Gasteiger partial charge in [0.05, 0.1) is 12.0 Å². The van der Waals surface area contributed by atoms with Gasteiger partial charge in [-0.3, -0.25) is 14.5 Å². The number of benzene rings is 2. The highest BCUT2D eigenvalue weighted by Crippen LogP contribution is 2.22. The summed E-state index contributed by atoms with van der Waals surface area (Å²) in [7, 11) is 0. The van der Waals surface area contributed by atoms with Crippen molar-refractivity contribution in [2.24, 2.45) is 5.92 Å². The lowest BCUT2D eigenvalue weighted by Gasteiger charge is -2.35. The molecule has 0 aliphatic carbocycles. The molecule has 2 N–H and O–H groups in total. The SMILES string of the molecule is C[C@@H](C(=O)Nc1ccc(OCc2ccccc2)cc1)N1CCC[C@@H](C(=O)Nc2nccs2)C1. The van der Waals surface area contributed by atoms with Crippen LogP contribution in [-0.4, -0.2) is 40.8 Å². The molecule has 1 aliphatic heterocycles. The zero-order valence-corrected chi connectivity index (χ0v) is 19.4. The minimum atomic E-state index is -0.338. The highest BCUT2D eigenvalue weighted by molar-refractivity contribution is 7.13. The van der Waals surface area contributed by atoms with Gasteiger partial charge in [0.25, 0.3) is 0 Å². The molecule has 1 fully saturated rings. The highest BCUT2D eigenvalue weighted by Gasteiger charge is 2.31. The van der Waals surface area contributed by atoms with Crippen LogP contribution in [0.2, 0.25) is 0 Å². The van der Waals surface area contributed by atoms with Crippen molar-refractivity contribution in [2.45, 2.75) is 32.4 Å². The second-order valence-electron chi connectivity index (χ2n) is 8.12. The lowest BCUT2D eigenvalue weighted by Crippen LogP contribution is -2.49. The van der Waals surface area contributed by atoms with E-state index in [9.17, 15) is 9.59 Å². The summed E-state index contributed by atoms with van der Waals surface area (Å²) in [4.78, 5) is 31.6. The van der Waals surface area contributed by atoms with E-state index in [0.717, 1.165) is 30.7 Å². The Morgan fingerprint density at radius 3 is 2.67 bits per heavy atom. The van der Waals surface area contributed by atoms with Crippen molar-refractivity contribution in [1.29, 1.82) is 0 Å². The van der Waals surface area contributed by atoms with Crippen molar-refractivity contribution in [2.75, 3.05) is 23.7 Å². The fourth-order valence-corrected chi connectivity index (χ4v) is 4.38. The Morgan fingerprint density at radius 1 is 1.15 bits per heavy atom. The number of aromatic nitrogens is 1. The molecule has 2 atom stereocenters. The van der Waals surface area contributed by atoms with Crippen LogP contribution in [0.3, 0.4) is 0 Å². The first-order valence-electron chi connectivity index (χ1n) is 11.1. The molecule has 8 heteroatoms. The highest BCUT2D eigenvalue weighted by atomic mass is 32.1. The smallest absolute Gasteiger partial charge is 0.241 e. The average molecular weight is 465 g/mol. The van der Waals surface area contributed by atoms with Crippen LogP contribution in [0.1, 0.15) is 25.3 Å². The maximum atomic E-state index is 12.8. The van der Waals surface area contributed by atoms with Gasteiger partial charge in [-0.15, -0.1) is 11.3 Å². The van der Waals surface area contributed by atoms with Gasteiger partial charge in [-0.25, -0.2) is 4.98 Å². The summed E-state index contributed by atoms with van der Waals surface area (Å²) in [6, 6.07) is 17.0. The summed E-state index contributed by atoms with van der Waals surface area (Å²) in [5.41, 5.74) is 1.82. The number of nitrogens with one attached hydrogen (secondary N) is 2. The van der Waals surface area contributed by atoms with E-state index in [-0.39, 0.29) is 23.8 Å². The molecule has 0 radical (unpaired) electrons. The van der Waals surface area contributed by atoms with Gasteiger partial charge in [-0.2, -0.15) is 0 Å². The average Bonchev–Trinajstić information content (AvgIpc) is 3.37. The first kappa shape index (κ1) is 22.9. The number of amides is 2. The number of hydrogen-bond acceptors (Lipinski definition) is 6. The second kappa shape index (κ2) is 11.1. The maximum Gasteiger partial charge on any atom is 0.241 e. The third-order valence-corrected chi connectivity index (χ3v) is 6.47. The fourth-order valence-electron chi connectivity index (χ4n) is 3.85. The van der Waals surface area contributed by atoms with Crippen molar-refractivity contribution in [3.05, 3.63) is 71.7 Å². The Bertz CT molecular complexity index is 1040. The molecule has 1 aromatic heterocycles. The van der Waals surface area contributed by atoms with Gasteiger partial charge in [0.1, 0.15) is 12.4 Å². The first-order chi connectivity index (χ1) is 16.1. The molecular formula is C25H28N4O3S. The largest absolute Gasteiger partial charge is 0.489 e. The van der Waals surface area contributed by atoms with E-state index in [4.69, 9.17) is 4.74 Å². The molecule has 2 heterocycles. The number of rotatable bonds is 8. The number of nitrogens with zero attached hydrogens (tertiary/aromatic N) is 2. The van der Waals surface area contributed by atoms with Crippen LogP contribution in [0.5, 0.6) is 5.75 Å². The minimum Gasteiger partial charge on any atom is -0.489 e. The van der Waals surface area contributed by atoms with Gasteiger partial charge >= 0.3 is 0 Å². The standard InChI is InChI=1S/C25H28N4O3S/c1-18(29-14-5-8-20(16-29)24(31)28-25-26-13-15-33-25)23(30)27-21-9-11-22(12-10-21)32-17-19-6-3-2-4-7-19/h2-4,6-7,9-13,15,18,20H,5,8,14,16-17H2,1H3,(H,27,30)(H,26,28,31)/t18-,20+/m0/s1. The number of ether oxygens (including phenoxy) is 1. The number of hydrogen-bond donors (Lipinski definition) is 2. The number of carbonyl (C=O) groups excluding carboxylic acids is 2. The van der Waals surface area contributed by atoms with Crippen LogP contribution in [0.15, 0.2) is 66.2 Å². The Balaban J connectivity index is 1.27. The summed E-state index contributed by atoms with van der Waals surface area (Å²) in [5, 5.41) is 8.29. The molecule has 7 nitrogen and oxygen atoms in total. The molecule has 0 bridgehead atoms. The normalized spacial score (nSPS) is 17.2. The van der Waals surface area contributed by atoms with Crippen molar-refractivity contribution >= 4 is 34.0 Å². The fraction of sp³-hybridized carbons (Fsp3) is 0.320. The van der Waals surface area contributed by atoms with Crippen molar-refractivity contribution in [1.82, 2.24) is 9.88 Å². The summed E-state index contributed by atoms with van der Waals surface area (Å²) < 4.78 is 5.80. The predicted molar refractivity (Wildman–Crippen MR) is 130 cm³/mol. The van der Waals surface area contributed by atoms with E-state index < -0.39 is 0 Å². The Hall–Kier alpha value is -3.23. The zero-order chi connectivity index (χ0) is 23.0. The Kier molecular flexibility index (Phi) is 7.70. The van der Waals surface area contributed by atoms with E-state index in [0.29, 0.717) is 24.0 Å². The lowest BCUT2D eigenvalue weighted by atomic mass is 9.96. The summed E-state index contributed by atoms with van der Waals surface area (Å²) >= 11 is 1.40. The number of carbonyl (C=O) groups is 2. The van der Waals surface area contributed by atoms with E-state index in [2.05, 4.69) is 20.5 Å². The molecule has 4 rings (SSSR count). The number of thiazole rings is 1. The Morgan fingerprint density at radius 2 is 1.94 bits per heavy atom. The molecular weight excluding hydrogens is 436 g/mol. The van der Waals surface area contributed by atoms with Crippen LogP contribution in [0, 0.1) is 5.92 Å². The molecule has 0 saturated carbocycles. The van der Waals surface area contributed by atoms with E-state index in [1.54, 1.807) is 6.20 Å². The monoisotopic (exact) mass is 464 g/mol. The van der Waals surface area contributed by atoms with Gasteiger partial charge in [-0.1, -0.05) is 30.3 Å². The van der Waals surface area contributed by atoms with Crippen LogP contribution in [-0.2, 0) is 16.2 Å². The molecule has 172 valence electrons. The molecule has 3 aromatic rings. The van der Waals surface area contributed by atoms with E-state index in [1.165, 1.54) is 11.3 Å². The minimum absolute atomic E-state index is 0.0339. The molecule has 1 aliphatic rings. The third-order valence-electron chi connectivity index (χ3n) is 5.78. The van der Waals surface area contributed by atoms with Gasteiger partial charge in [-0.05, 0) is 56.1 Å². The van der Waals surface area contributed by atoms with E-state index in [1.807, 2.05) is 66.9 Å². The van der Waals surface area contributed by atoms with Crippen molar-refractivity contribution < 1.29 is 14.3 Å². The first-order valence-corrected chi connectivity index (χ1v) is 12.0. The van der Waals surface area contributed by atoms with Gasteiger partial charge in [0.2, 0.25) is 11.8 Å². The van der Waals surface area contributed by atoms with E-state index >= 15 is 0 Å². The van der Waals surface area contributed by atoms with Gasteiger partial charge in [0, 0.05) is 23.8 Å². The predicted octanol–water partition coefficient (Wildman–Crippen LogP) is 4.40. The summed E-state index contributed by atoms with van der Waals surface area (Å²) in [5.74, 6) is 0.469. The second-order valence-corrected chi connectivity index (χ2v) is 9.02. The quantitative estimate of drug-likeness (QED) is 0.516. The Labute approximate surface area is 197 Å². The molecule has 0 unspecified atom stereocenters. The summed E-state index contributed by atoms with van der Waals surface area (Å²) in [6.07, 6.45) is 3.36. The number of piperidine rings is 1. The van der Waals surface area contributed by atoms with Crippen molar-refractivity contribution in [3.63, 3.8) is 0 Å². The van der Waals surface area contributed by atoms with Gasteiger partial charge in [0.15, 0.2) is 5.13 Å². The summed E-state index contributed by atoms with van der Waals surface area (Å²) in [6.45, 7) is 3.73. The molecule has 33 heavy (non-hydrogen) atoms. The van der Waals surface area contributed by atoms with Crippen LogP contribution in [0.4, 0.5) is 10.8 Å². The van der Waals surface area contributed by atoms with Crippen molar-refractivity contribution in [3.8, 4) is 5.75 Å². The zero-order valence-electron chi connectivity index (χ0n) is 18.6. The van der Waals surface area contributed by atoms with Crippen LogP contribution in [0.25, 0.3) is 0 Å². The number of likely N-dealkylation sites (tertiary alicyclic amines) is 1. The lowest BCUT2D eigenvalue weighted by molar-refractivity contribution is -0.125. The van der Waals surface area contributed by atoms with Crippen LogP contribution < -0.4 is 15.4 Å². The molecule has 2 aromatic carbocycles. The molecule has 2 amide bonds. The third kappa shape index (κ3) is 6.40. The number of anilines is 2. The van der Waals surface area contributed by atoms with Gasteiger partial charge < -0.3 is 15.4 Å².